The van der Waals surface area contributed by atoms with Crippen LogP contribution in [-0.2, 0) is 25.7 Å². The standard InChI is InChI=1S/C34H46N6O5S/c1-6-14-38-15-17-39(18-16-38)29(43)9-7-8-28(42)37-31(34(3,4)5)33(45)40-21-26(41)19-27(40)32(44)35-20-24-10-12-25(13-11-24)30-23(2)36-22-46-30/h1,10-13,22,26-27,31,41H,7-9,14-21H2,2-5H3,(H,35,44)(H,37,42)/t26-,27+,31-/m1/s1. The summed E-state index contributed by atoms with van der Waals surface area (Å²) in [7, 11) is 0. The molecule has 2 aliphatic heterocycles. The number of thiazole rings is 1. The van der Waals surface area contributed by atoms with E-state index >= 15 is 0 Å². The number of terminal acetylenes is 1. The molecular formula is C34H46N6O5S. The minimum Gasteiger partial charge on any atom is -0.391 e. The fraction of sp³-hybridized carbons (Fsp3) is 0.559. The number of amides is 4. The number of carbonyl (C=O) groups is 4. The predicted molar refractivity (Wildman–Crippen MR) is 177 cm³/mol. The van der Waals surface area contributed by atoms with Gasteiger partial charge >= 0.3 is 0 Å². The highest BCUT2D eigenvalue weighted by molar-refractivity contribution is 7.13. The summed E-state index contributed by atoms with van der Waals surface area (Å²) in [4.78, 5) is 63.5. The number of nitrogens with zero attached hydrogens (tertiary/aromatic N) is 4. The van der Waals surface area contributed by atoms with Crippen LogP contribution in [0.15, 0.2) is 29.8 Å². The number of benzene rings is 1. The molecule has 2 aromatic rings. The molecule has 0 bridgehead atoms. The van der Waals surface area contributed by atoms with E-state index in [-0.39, 0.29) is 50.1 Å². The summed E-state index contributed by atoms with van der Waals surface area (Å²) in [5.74, 6) is 1.52. The van der Waals surface area contributed by atoms with Crippen LogP contribution in [0.4, 0.5) is 0 Å². The summed E-state index contributed by atoms with van der Waals surface area (Å²) < 4.78 is 0. The van der Waals surface area contributed by atoms with Crippen molar-refractivity contribution in [2.24, 2.45) is 5.41 Å². The molecule has 0 aliphatic carbocycles. The quantitative estimate of drug-likeness (QED) is 0.318. The van der Waals surface area contributed by atoms with Crippen LogP contribution in [0.2, 0.25) is 0 Å². The largest absolute Gasteiger partial charge is 0.391 e. The summed E-state index contributed by atoms with van der Waals surface area (Å²) in [5, 5.41) is 16.2. The molecule has 1 aromatic heterocycles. The molecule has 0 unspecified atom stereocenters. The Morgan fingerprint density at radius 3 is 2.41 bits per heavy atom. The van der Waals surface area contributed by atoms with Crippen LogP contribution in [0, 0.1) is 24.7 Å². The second-order valence-corrected chi connectivity index (χ2v) is 14.0. The topological polar surface area (TPSA) is 135 Å². The van der Waals surface area contributed by atoms with E-state index in [2.05, 4.69) is 26.4 Å². The van der Waals surface area contributed by atoms with Crippen LogP contribution in [0.3, 0.4) is 0 Å². The van der Waals surface area contributed by atoms with Gasteiger partial charge in [0.25, 0.3) is 0 Å². The molecule has 3 atom stereocenters. The van der Waals surface area contributed by atoms with Gasteiger partial charge < -0.3 is 25.5 Å². The van der Waals surface area contributed by atoms with Gasteiger partial charge in [-0.3, -0.25) is 24.1 Å². The average Bonchev–Trinajstić information content (AvgIpc) is 3.63. The normalized spacial score (nSPS) is 19.4. The molecule has 4 rings (SSSR count). The molecule has 0 radical (unpaired) electrons. The molecule has 2 fully saturated rings. The molecular weight excluding hydrogens is 604 g/mol. The molecule has 1 aromatic carbocycles. The lowest BCUT2D eigenvalue weighted by Gasteiger charge is -2.35. The van der Waals surface area contributed by atoms with Crippen molar-refractivity contribution in [2.75, 3.05) is 39.3 Å². The summed E-state index contributed by atoms with van der Waals surface area (Å²) in [5.41, 5.74) is 4.08. The maximum Gasteiger partial charge on any atom is 0.246 e. The van der Waals surface area contributed by atoms with Crippen molar-refractivity contribution in [2.45, 2.75) is 78.1 Å². The van der Waals surface area contributed by atoms with Crippen LogP contribution < -0.4 is 10.6 Å². The maximum absolute atomic E-state index is 13.8. The number of nitrogens with one attached hydrogen (secondary N) is 2. The molecule has 248 valence electrons. The van der Waals surface area contributed by atoms with Gasteiger partial charge in [-0.2, -0.15) is 0 Å². The zero-order valence-electron chi connectivity index (χ0n) is 27.3. The summed E-state index contributed by atoms with van der Waals surface area (Å²) >= 11 is 1.58. The highest BCUT2D eigenvalue weighted by atomic mass is 32.1. The number of aryl methyl sites for hydroxylation is 1. The van der Waals surface area contributed by atoms with Crippen LogP contribution in [-0.4, -0.2) is 106 Å². The molecule has 2 aliphatic rings. The molecule has 0 saturated carbocycles. The highest BCUT2D eigenvalue weighted by Crippen LogP contribution is 2.28. The molecule has 3 heterocycles. The summed E-state index contributed by atoms with van der Waals surface area (Å²) in [6.45, 7) is 11.0. The zero-order valence-corrected chi connectivity index (χ0v) is 28.1. The minimum atomic E-state index is -0.914. The molecule has 3 N–H and O–H groups in total. The van der Waals surface area contributed by atoms with E-state index in [9.17, 15) is 24.3 Å². The van der Waals surface area contributed by atoms with Crippen molar-refractivity contribution in [3.8, 4) is 22.8 Å². The number of piperazine rings is 1. The smallest absolute Gasteiger partial charge is 0.246 e. The fourth-order valence-corrected chi connectivity index (χ4v) is 6.67. The average molecular weight is 651 g/mol. The molecule has 11 nitrogen and oxygen atoms in total. The Kier molecular flexibility index (Phi) is 11.9. The zero-order chi connectivity index (χ0) is 33.4. The number of aliphatic hydroxyl groups is 1. The first-order valence-electron chi connectivity index (χ1n) is 15.9. The summed E-state index contributed by atoms with van der Waals surface area (Å²) in [6, 6.07) is 6.10. The lowest BCUT2D eigenvalue weighted by Crippen LogP contribution is -2.57. The lowest BCUT2D eigenvalue weighted by molar-refractivity contribution is -0.144. The lowest BCUT2D eigenvalue weighted by atomic mass is 9.85. The van der Waals surface area contributed by atoms with E-state index in [1.807, 2.05) is 57.5 Å². The first-order chi connectivity index (χ1) is 21.9. The third kappa shape index (κ3) is 9.15. The Bertz CT molecular complexity index is 1420. The van der Waals surface area contributed by atoms with Crippen molar-refractivity contribution < 1.29 is 24.3 Å². The fourth-order valence-electron chi connectivity index (χ4n) is 5.86. The van der Waals surface area contributed by atoms with Gasteiger partial charge in [0.2, 0.25) is 23.6 Å². The van der Waals surface area contributed by atoms with Crippen molar-refractivity contribution >= 4 is 35.0 Å². The molecule has 12 heteroatoms. The molecule has 0 spiro atoms. The number of rotatable bonds is 11. The molecule has 4 amide bonds. The SMILES string of the molecule is C#CCN1CCN(C(=O)CCCC(=O)N[C@H](C(=O)N2C[C@H](O)C[C@H]2C(=O)NCc2ccc(-c3scnc3C)cc2)C(C)(C)C)CC1. The first kappa shape index (κ1) is 35.1. The van der Waals surface area contributed by atoms with Gasteiger partial charge in [0, 0.05) is 58.5 Å². The number of aromatic nitrogens is 1. The summed E-state index contributed by atoms with van der Waals surface area (Å²) in [6.07, 6.45) is 5.34. The number of likely N-dealkylation sites (tertiary alicyclic amines) is 1. The third-order valence-electron chi connectivity index (χ3n) is 8.55. The Hall–Kier alpha value is -3.79. The molecule has 46 heavy (non-hydrogen) atoms. The van der Waals surface area contributed by atoms with Gasteiger partial charge in [-0.25, -0.2) is 4.98 Å². The Morgan fingerprint density at radius 2 is 1.80 bits per heavy atom. The highest BCUT2D eigenvalue weighted by Gasteiger charge is 2.44. The number of hydrogen-bond acceptors (Lipinski definition) is 8. The van der Waals surface area contributed by atoms with Gasteiger partial charge in [-0.1, -0.05) is 51.0 Å². The molecule has 2 saturated heterocycles. The first-order valence-corrected chi connectivity index (χ1v) is 16.7. The van der Waals surface area contributed by atoms with Crippen molar-refractivity contribution in [1.82, 2.24) is 30.3 Å². The van der Waals surface area contributed by atoms with Crippen molar-refractivity contribution in [3.05, 3.63) is 41.0 Å². The number of aliphatic hydroxyl groups excluding tert-OH is 1. The van der Waals surface area contributed by atoms with Crippen LogP contribution in [0.25, 0.3) is 10.4 Å². The monoisotopic (exact) mass is 650 g/mol. The van der Waals surface area contributed by atoms with E-state index < -0.39 is 29.5 Å². The van der Waals surface area contributed by atoms with E-state index in [0.29, 0.717) is 26.1 Å². The van der Waals surface area contributed by atoms with Crippen LogP contribution >= 0.6 is 11.3 Å². The number of β-amino-alcohol motifs (C(OH)–C–C–N with tert-alkyl or cyclic N) is 1. The van der Waals surface area contributed by atoms with E-state index in [1.54, 1.807) is 16.2 Å². The van der Waals surface area contributed by atoms with E-state index in [1.165, 1.54) is 4.90 Å². The van der Waals surface area contributed by atoms with Crippen LogP contribution in [0.5, 0.6) is 0 Å². The van der Waals surface area contributed by atoms with Gasteiger partial charge in [0.15, 0.2) is 0 Å². The predicted octanol–water partition coefficient (Wildman–Crippen LogP) is 2.18. The van der Waals surface area contributed by atoms with E-state index in [0.717, 1.165) is 34.8 Å². The number of hydrogen-bond donors (Lipinski definition) is 3. The van der Waals surface area contributed by atoms with Crippen LogP contribution in [0.1, 0.15) is 57.7 Å². The second-order valence-electron chi connectivity index (χ2n) is 13.2. The van der Waals surface area contributed by atoms with Gasteiger partial charge in [-0.15, -0.1) is 17.8 Å². The second kappa shape index (κ2) is 15.7. The van der Waals surface area contributed by atoms with Gasteiger partial charge in [-0.05, 0) is 29.9 Å². The maximum atomic E-state index is 13.8. The van der Waals surface area contributed by atoms with E-state index in [4.69, 9.17) is 6.42 Å². The minimum absolute atomic E-state index is 0.00219. The van der Waals surface area contributed by atoms with Gasteiger partial charge in [0.1, 0.15) is 12.1 Å². The Labute approximate surface area is 275 Å². The Balaban J connectivity index is 1.29. The number of carbonyl (C=O) groups excluding carboxylic acids is 4. The van der Waals surface area contributed by atoms with Gasteiger partial charge in [0.05, 0.1) is 28.7 Å². The van der Waals surface area contributed by atoms with Crippen molar-refractivity contribution in [1.29, 1.82) is 0 Å². The van der Waals surface area contributed by atoms with Crippen molar-refractivity contribution in [3.63, 3.8) is 0 Å². The third-order valence-corrected chi connectivity index (χ3v) is 9.52. The Morgan fingerprint density at radius 1 is 1.11 bits per heavy atom.